The molecule has 1 aromatic heterocycles. The van der Waals surface area contributed by atoms with Gasteiger partial charge in [-0.1, -0.05) is 49.4 Å². The van der Waals surface area contributed by atoms with Gasteiger partial charge in [0.05, 0.1) is 19.1 Å². The van der Waals surface area contributed by atoms with Gasteiger partial charge in [0.2, 0.25) is 0 Å². The molecule has 0 radical (unpaired) electrons. The van der Waals surface area contributed by atoms with E-state index in [0.717, 1.165) is 0 Å². The summed E-state index contributed by atoms with van der Waals surface area (Å²) in [6.07, 6.45) is -0.322. The van der Waals surface area contributed by atoms with Crippen LogP contribution in [0.2, 0.25) is 0 Å². The van der Waals surface area contributed by atoms with E-state index in [4.69, 9.17) is 14.2 Å². The van der Waals surface area contributed by atoms with Crippen LogP contribution in [0, 0.1) is 17.7 Å². The molecule has 1 aliphatic heterocycles. The Hall–Kier alpha value is -4.48. The molecule has 1 fully saturated rings. The maximum absolute atomic E-state index is 14.9. The maximum atomic E-state index is 14.9. The third kappa shape index (κ3) is 7.91. The number of nitrogens with zero attached hydrogens (tertiary/aromatic N) is 5. The van der Waals surface area contributed by atoms with Gasteiger partial charge < -0.3 is 24.0 Å². The average molecular weight is 610 g/mol. The number of methoxy groups -OCH3 is 1. The number of rotatable bonds is 9. The number of aromatic nitrogens is 3. The Morgan fingerprint density at radius 2 is 1.73 bits per heavy atom. The smallest absolute Gasteiger partial charge is 0.410 e. The Labute approximate surface area is 256 Å². The predicted octanol–water partition coefficient (Wildman–Crippen LogP) is 4.88. The van der Waals surface area contributed by atoms with Crippen LogP contribution in [0.1, 0.15) is 57.2 Å². The number of ether oxygens (including phenoxy) is 3. The minimum absolute atomic E-state index is 0.0196. The number of carbonyl (C=O) groups is 3. The Morgan fingerprint density at radius 1 is 1.05 bits per heavy atom. The standard InChI is InChI=1S/C32H40FN5O6/c1-21(2)17-37(23-16-22(30(40)42-6)18-36(19-23)31(41)44-32(3,4)5)29(39)28-27(20-43-24-12-8-7-9-13-24)38(35-34-28)26-15-11-10-14-25(26)33/h7-15,21-23H,16-20H2,1-6H3/t22-,23+/m1/s1. The number of carbonyl (C=O) groups excluding carboxylic acids is 3. The molecule has 1 saturated heterocycles. The topological polar surface area (TPSA) is 116 Å². The molecule has 0 saturated carbocycles. The second-order valence-electron chi connectivity index (χ2n) is 12.2. The first-order chi connectivity index (χ1) is 20.9. The quantitative estimate of drug-likeness (QED) is 0.315. The van der Waals surface area contributed by atoms with Gasteiger partial charge in [0, 0.05) is 19.6 Å². The molecule has 0 aliphatic carbocycles. The van der Waals surface area contributed by atoms with Crippen LogP contribution in [0.25, 0.3) is 5.69 Å². The average Bonchev–Trinajstić information content (AvgIpc) is 3.41. The molecule has 2 amide bonds. The SMILES string of the molecule is COC(=O)[C@@H]1C[C@H](N(CC(C)C)C(=O)c2nnn(-c3ccccc3F)c2COc2ccccc2)CN(C(=O)OC(C)(C)C)C1. The number of para-hydroxylation sites is 2. The summed E-state index contributed by atoms with van der Waals surface area (Å²) in [5.41, 5.74) is -0.409. The third-order valence-electron chi connectivity index (χ3n) is 7.04. The lowest BCUT2D eigenvalue weighted by Crippen LogP contribution is -2.57. The first kappa shape index (κ1) is 32.4. The van der Waals surface area contributed by atoms with Gasteiger partial charge in [-0.25, -0.2) is 13.9 Å². The van der Waals surface area contributed by atoms with Crippen molar-refractivity contribution in [1.82, 2.24) is 24.8 Å². The lowest BCUT2D eigenvalue weighted by Gasteiger charge is -2.42. The summed E-state index contributed by atoms with van der Waals surface area (Å²) < 4.78 is 32.8. The van der Waals surface area contributed by atoms with Crippen LogP contribution < -0.4 is 4.74 Å². The van der Waals surface area contributed by atoms with Crippen molar-refractivity contribution in [3.8, 4) is 11.4 Å². The van der Waals surface area contributed by atoms with Crippen molar-refractivity contribution in [2.24, 2.45) is 11.8 Å². The monoisotopic (exact) mass is 609 g/mol. The summed E-state index contributed by atoms with van der Waals surface area (Å²) >= 11 is 0. The highest BCUT2D eigenvalue weighted by Gasteiger charge is 2.41. The van der Waals surface area contributed by atoms with Crippen molar-refractivity contribution < 1.29 is 33.0 Å². The zero-order valence-corrected chi connectivity index (χ0v) is 26.0. The van der Waals surface area contributed by atoms with Crippen molar-refractivity contribution in [2.75, 3.05) is 26.7 Å². The fourth-order valence-corrected chi connectivity index (χ4v) is 5.12. The molecule has 12 heteroatoms. The summed E-state index contributed by atoms with van der Waals surface area (Å²) in [5, 5.41) is 8.39. The van der Waals surface area contributed by atoms with Crippen LogP contribution >= 0.6 is 0 Å². The summed E-state index contributed by atoms with van der Waals surface area (Å²) in [7, 11) is 1.29. The number of amides is 2. The zero-order valence-electron chi connectivity index (χ0n) is 26.0. The van der Waals surface area contributed by atoms with Crippen molar-refractivity contribution in [3.05, 3.63) is 71.8 Å². The zero-order chi connectivity index (χ0) is 32.0. The molecule has 0 bridgehead atoms. The molecule has 2 heterocycles. The van der Waals surface area contributed by atoms with E-state index >= 15 is 0 Å². The Balaban J connectivity index is 1.73. The van der Waals surface area contributed by atoms with E-state index in [1.807, 2.05) is 32.0 Å². The van der Waals surface area contributed by atoms with Gasteiger partial charge in [0.15, 0.2) is 5.69 Å². The van der Waals surface area contributed by atoms with Gasteiger partial charge in [0.25, 0.3) is 5.91 Å². The van der Waals surface area contributed by atoms with Gasteiger partial charge in [-0.2, -0.15) is 0 Å². The molecule has 0 spiro atoms. The first-order valence-corrected chi connectivity index (χ1v) is 14.6. The summed E-state index contributed by atoms with van der Waals surface area (Å²) in [4.78, 5) is 43.3. The number of halogens is 1. The van der Waals surface area contributed by atoms with E-state index in [9.17, 15) is 18.8 Å². The van der Waals surface area contributed by atoms with Gasteiger partial charge in [-0.15, -0.1) is 5.10 Å². The second kappa shape index (κ2) is 13.9. The fourth-order valence-electron chi connectivity index (χ4n) is 5.12. The Morgan fingerprint density at radius 3 is 2.36 bits per heavy atom. The molecule has 236 valence electrons. The summed E-state index contributed by atoms with van der Waals surface area (Å²) in [6.45, 7) is 9.61. The van der Waals surface area contributed by atoms with E-state index in [1.165, 1.54) is 28.8 Å². The lowest BCUT2D eigenvalue weighted by atomic mass is 9.92. The minimum atomic E-state index is -0.753. The van der Waals surface area contributed by atoms with Crippen LogP contribution in [-0.4, -0.2) is 81.2 Å². The molecule has 0 N–H and O–H groups in total. The van der Waals surface area contributed by atoms with E-state index in [2.05, 4.69) is 10.3 Å². The van der Waals surface area contributed by atoms with Gasteiger partial charge in [-0.3, -0.25) is 9.59 Å². The number of esters is 1. The number of hydrogen-bond acceptors (Lipinski definition) is 8. The van der Waals surface area contributed by atoms with Crippen LogP contribution in [0.3, 0.4) is 0 Å². The normalized spacial score (nSPS) is 16.9. The number of hydrogen-bond donors (Lipinski definition) is 0. The molecule has 1 aliphatic rings. The first-order valence-electron chi connectivity index (χ1n) is 14.6. The van der Waals surface area contributed by atoms with Gasteiger partial charge in [-0.05, 0) is 57.4 Å². The lowest BCUT2D eigenvalue weighted by molar-refractivity contribution is -0.148. The van der Waals surface area contributed by atoms with Gasteiger partial charge in [0.1, 0.15) is 35.2 Å². The molecular formula is C32H40FN5O6. The number of likely N-dealkylation sites (tertiary alicyclic amines) is 1. The highest BCUT2D eigenvalue weighted by atomic mass is 19.1. The summed E-state index contributed by atoms with van der Waals surface area (Å²) in [6, 6.07) is 14.5. The van der Waals surface area contributed by atoms with E-state index in [0.29, 0.717) is 12.3 Å². The predicted molar refractivity (Wildman–Crippen MR) is 160 cm³/mol. The van der Waals surface area contributed by atoms with Gasteiger partial charge >= 0.3 is 12.1 Å². The van der Waals surface area contributed by atoms with Crippen molar-refractivity contribution in [2.45, 2.75) is 59.3 Å². The van der Waals surface area contributed by atoms with Crippen LogP contribution in [-0.2, 0) is 20.9 Å². The number of piperidine rings is 1. The molecule has 44 heavy (non-hydrogen) atoms. The third-order valence-corrected chi connectivity index (χ3v) is 7.04. The van der Waals surface area contributed by atoms with E-state index in [-0.39, 0.29) is 49.1 Å². The van der Waals surface area contributed by atoms with Crippen LogP contribution in [0.4, 0.5) is 9.18 Å². The Bertz CT molecular complexity index is 1450. The molecule has 3 aromatic rings. The molecule has 2 aromatic carbocycles. The largest absolute Gasteiger partial charge is 0.487 e. The molecule has 2 atom stereocenters. The van der Waals surface area contributed by atoms with E-state index in [1.54, 1.807) is 49.9 Å². The fraction of sp³-hybridized carbons (Fsp3) is 0.469. The second-order valence-corrected chi connectivity index (χ2v) is 12.2. The minimum Gasteiger partial charge on any atom is -0.487 e. The highest BCUT2D eigenvalue weighted by molar-refractivity contribution is 5.94. The van der Waals surface area contributed by atoms with Crippen molar-refractivity contribution in [1.29, 1.82) is 0 Å². The van der Waals surface area contributed by atoms with Crippen molar-refractivity contribution in [3.63, 3.8) is 0 Å². The van der Waals surface area contributed by atoms with Crippen LogP contribution in [0.5, 0.6) is 5.75 Å². The molecule has 4 rings (SSSR count). The molecule has 0 unspecified atom stereocenters. The molecular weight excluding hydrogens is 569 g/mol. The highest BCUT2D eigenvalue weighted by Crippen LogP contribution is 2.27. The van der Waals surface area contributed by atoms with Crippen LogP contribution in [0.15, 0.2) is 54.6 Å². The molecule has 11 nitrogen and oxygen atoms in total. The number of benzene rings is 2. The summed E-state index contributed by atoms with van der Waals surface area (Å²) in [5.74, 6) is -1.61. The Kier molecular flexibility index (Phi) is 10.2. The van der Waals surface area contributed by atoms with E-state index < -0.39 is 41.3 Å². The van der Waals surface area contributed by atoms with Crippen molar-refractivity contribution >= 4 is 18.0 Å². The maximum Gasteiger partial charge on any atom is 0.410 e.